The van der Waals surface area contributed by atoms with Crippen LogP contribution in [0.3, 0.4) is 0 Å². The number of nitrogens with one attached hydrogen (secondary N) is 2. The van der Waals surface area contributed by atoms with Gasteiger partial charge in [-0.25, -0.2) is 4.79 Å². The van der Waals surface area contributed by atoms with Crippen LogP contribution in [0.1, 0.15) is 0 Å². The molecule has 3 rings (SSSR count). The Morgan fingerprint density at radius 1 is 1.08 bits per heavy atom. The summed E-state index contributed by atoms with van der Waals surface area (Å²) in [7, 11) is 0. The molecule has 25 heavy (non-hydrogen) atoms. The molecule has 0 aliphatic heterocycles. The van der Waals surface area contributed by atoms with Crippen molar-refractivity contribution in [3.05, 3.63) is 67.3 Å². The largest absolute Gasteiger partial charge is 0.492 e. The molecule has 2 N–H and O–H groups in total. The van der Waals surface area contributed by atoms with E-state index in [4.69, 9.17) is 4.74 Å². The standard InChI is InChI=1S/C18H21N5O2/c24-18(19-8-12-22-9-1-2-10-22)21-16-5-3-6-17(15-16)25-14-13-23-11-4-7-20-23/h1-7,9-11,15H,8,12-14H2,(H2,19,21,24). The second-order valence-corrected chi connectivity index (χ2v) is 5.45. The van der Waals surface area contributed by atoms with Gasteiger partial charge in [-0.15, -0.1) is 0 Å². The Kier molecular flexibility index (Phi) is 5.71. The zero-order valence-electron chi connectivity index (χ0n) is 13.8. The molecule has 0 spiro atoms. The first-order chi connectivity index (χ1) is 12.3. The highest BCUT2D eigenvalue weighted by molar-refractivity contribution is 5.89. The summed E-state index contributed by atoms with van der Waals surface area (Å²) in [6, 6.07) is 12.9. The fraction of sp³-hybridized carbons (Fsp3) is 0.222. The predicted molar refractivity (Wildman–Crippen MR) is 95.6 cm³/mol. The summed E-state index contributed by atoms with van der Waals surface area (Å²) in [6.07, 6.45) is 7.55. The van der Waals surface area contributed by atoms with E-state index in [0.29, 0.717) is 31.1 Å². The van der Waals surface area contributed by atoms with E-state index in [2.05, 4.69) is 15.7 Å². The van der Waals surface area contributed by atoms with Crippen LogP contribution in [-0.2, 0) is 13.1 Å². The molecule has 0 saturated heterocycles. The first-order valence-corrected chi connectivity index (χ1v) is 8.15. The molecule has 3 aromatic rings. The second-order valence-electron chi connectivity index (χ2n) is 5.45. The highest BCUT2D eigenvalue weighted by Gasteiger charge is 2.03. The fourth-order valence-corrected chi connectivity index (χ4v) is 2.35. The van der Waals surface area contributed by atoms with Crippen LogP contribution in [0, 0.1) is 0 Å². The van der Waals surface area contributed by atoms with Gasteiger partial charge in [-0.2, -0.15) is 5.10 Å². The SMILES string of the molecule is O=C(NCCn1cccc1)Nc1cccc(OCCn2cccn2)c1. The first kappa shape index (κ1) is 16.6. The van der Waals surface area contributed by atoms with Gasteiger partial charge in [0.25, 0.3) is 0 Å². The van der Waals surface area contributed by atoms with Crippen molar-refractivity contribution in [2.75, 3.05) is 18.5 Å². The lowest BCUT2D eigenvalue weighted by Gasteiger charge is -2.10. The average Bonchev–Trinajstić information content (AvgIpc) is 3.29. The molecule has 0 bridgehead atoms. The lowest BCUT2D eigenvalue weighted by Crippen LogP contribution is -2.31. The smallest absolute Gasteiger partial charge is 0.319 e. The number of carbonyl (C=O) groups excluding carboxylic acids is 1. The first-order valence-electron chi connectivity index (χ1n) is 8.15. The van der Waals surface area contributed by atoms with Crippen molar-refractivity contribution in [3.63, 3.8) is 0 Å². The Morgan fingerprint density at radius 3 is 2.76 bits per heavy atom. The van der Waals surface area contributed by atoms with Gasteiger partial charge in [0.05, 0.1) is 6.54 Å². The number of hydrogen-bond acceptors (Lipinski definition) is 3. The molecule has 2 amide bonds. The van der Waals surface area contributed by atoms with Crippen LogP contribution in [0.2, 0.25) is 0 Å². The van der Waals surface area contributed by atoms with Gasteiger partial charge in [-0.1, -0.05) is 6.07 Å². The Balaban J connectivity index is 1.41. The summed E-state index contributed by atoms with van der Waals surface area (Å²) in [5, 5.41) is 9.76. The maximum atomic E-state index is 11.9. The summed E-state index contributed by atoms with van der Waals surface area (Å²) in [5.41, 5.74) is 0.690. The van der Waals surface area contributed by atoms with Crippen molar-refractivity contribution in [2.24, 2.45) is 0 Å². The third-order valence-electron chi connectivity index (χ3n) is 3.56. The van der Waals surface area contributed by atoms with E-state index in [-0.39, 0.29) is 6.03 Å². The molecular formula is C18H21N5O2. The molecule has 2 aromatic heterocycles. The summed E-state index contributed by atoms with van der Waals surface area (Å²) >= 11 is 0. The van der Waals surface area contributed by atoms with E-state index >= 15 is 0 Å². The average molecular weight is 339 g/mol. The van der Waals surface area contributed by atoms with Crippen LogP contribution in [0.15, 0.2) is 67.3 Å². The number of benzene rings is 1. The van der Waals surface area contributed by atoms with Gasteiger partial charge >= 0.3 is 6.03 Å². The number of ether oxygens (including phenoxy) is 1. The number of anilines is 1. The Bertz CT molecular complexity index is 769. The maximum absolute atomic E-state index is 11.9. The van der Waals surface area contributed by atoms with Crippen LogP contribution >= 0.6 is 0 Å². The summed E-state index contributed by atoms with van der Waals surface area (Å²) in [6.45, 7) is 2.47. The molecule has 0 atom stereocenters. The number of urea groups is 1. The minimum atomic E-state index is -0.235. The molecule has 0 unspecified atom stereocenters. The minimum absolute atomic E-state index is 0.235. The van der Waals surface area contributed by atoms with Crippen LogP contribution in [0.4, 0.5) is 10.5 Å². The topological polar surface area (TPSA) is 73.1 Å². The van der Waals surface area contributed by atoms with Crippen molar-refractivity contribution in [3.8, 4) is 5.75 Å². The number of aromatic nitrogens is 3. The zero-order chi connectivity index (χ0) is 17.3. The molecule has 2 heterocycles. The minimum Gasteiger partial charge on any atom is -0.492 e. The summed E-state index contributed by atoms with van der Waals surface area (Å²) in [4.78, 5) is 11.9. The molecular weight excluding hydrogens is 318 g/mol. The van der Waals surface area contributed by atoms with Gasteiger partial charge in [0, 0.05) is 49.6 Å². The van der Waals surface area contributed by atoms with Gasteiger partial charge in [-0.3, -0.25) is 4.68 Å². The summed E-state index contributed by atoms with van der Waals surface area (Å²) < 4.78 is 9.51. The summed E-state index contributed by atoms with van der Waals surface area (Å²) in [5.74, 6) is 0.706. The van der Waals surface area contributed by atoms with Crippen LogP contribution < -0.4 is 15.4 Å². The maximum Gasteiger partial charge on any atom is 0.319 e. The van der Waals surface area contributed by atoms with E-state index in [1.165, 1.54) is 0 Å². The molecule has 0 fully saturated rings. The van der Waals surface area contributed by atoms with Crippen LogP contribution in [0.5, 0.6) is 5.75 Å². The molecule has 7 nitrogen and oxygen atoms in total. The molecule has 130 valence electrons. The molecule has 7 heteroatoms. The molecule has 0 radical (unpaired) electrons. The van der Waals surface area contributed by atoms with Crippen molar-refractivity contribution < 1.29 is 9.53 Å². The lowest BCUT2D eigenvalue weighted by molar-refractivity contribution is 0.251. The van der Waals surface area contributed by atoms with Gasteiger partial charge in [-0.05, 0) is 30.3 Å². The number of amides is 2. The quantitative estimate of drug-likeness (QED) is 0.662. The van der Waals surface area contributed by atoms with E-state index in [9.17, 15) is 4.79 Å². The van der Waals surface area contributed by atoms with E-state index in [1.54, 1.807) is 16.9 Å². The third-order valence-corrected chi connectivity index (χ3v) is 3.56. The number of rotatable bonds is 8. The van der Waals surface area contributed by atoms with Crippen molar-refractivity contribution >= 4 is 11.7 Å². The van der Waals surface area contributed by atoms with Gasteiger partial charge in [0.2, 0.25) is 0 Å². The second kappa shape index (κ2) is 8.58. The number of nitrogens with zero attached hydrogens (tertiary/aromatic N) is 3. The predicted octanol–water partition coefficient (Wildman–Crippen LogP) is 2.59. The van der Waals surface area contributed by atoms with E-state index in [0.717, 1.165) is 6.54 Å². The van der Waals surface area contributed by atoms with Crippen LogP contribution in [-0.4, -0.2) is 33.5 Å². The lowest BCUT2D eigenvalue weighted by atomic mass is 10.3. The van der Waals surface area contributed by atoms with Gasteiger partial charge < -0.3 is 19.9 Å². The number of carbonyl (C=O) groups is 1. The van der Waals surface area contributed by atoms with Crippen LogP contribution in [0.25, 0.3) is 0 Å². The van der Waals surface area contributed by atoms with Crippen molar-refractivity contribution in [1.29, 1.82) is 0 Å². The monoisotopic (exact) mass is 339 g/mol. The number of hydrogen-bond donors (Lipinski definition) is 2. The Morgan fingerprint density at radius 2 is 1.96 bits per heavy atom. The zero-order valence-corrected chi connectivity index (χ0v) is 13.8. The van der Waals surface area contributed by atoms with E-state index in [1.807, 2.05) is 59.6 Å². The third kappa shape index (κ3) is 5.42. The Hall–Kier alpha value is -3.22. The fourth-order valence-electron chi connectivity index (χ4n) is 2.35. The normalized spacial score (nSPS) is 10.4. The van der Waals surface area contributed by atoms with Gasteiger partial charge in [0.15, 0.2) is 0 Å². The Labute approximate surface area is 146 Å². The van der Waals surface area contributed by atoms with E-state index < -0.39 is 0 Å². The molecule has 0 saturated carbocycles. The molecule has 1 aromatic carbocycles. The highest BCUT2D eigenvalue weighted by atomic mass is 16.5. The van der Waals surface area contributed by atoms with Gasteiger partial charge in [0.1, 0.15) is 12.4 Å². The van der Waals surface area contributed by atoms with Crippen molar-refractivity contribution in [2.45, 2.75) is 13.1 Å². The van der Waals surface area contributed by atoms with Crippen molar-refractivity contribution in [1.82, 2.24) is 19.7 Å². The molecule has 0 aliphatic carbocycles. The molecule has 0 aliphatic rings. The highest BCUT2D eigenvalue weighted by Crippen LogP contribution is 2.17.